The van der Waals surface area contributed by atoms with Crippen molar-refractivity contribution in [2.45, 2.75) is 19.4 Å². The van der Waals surface area contributed by atoms with Crippen LogP contribution in [-0.4, -0.2) is 42.6 Å². The molecule has 1 amide bonds. The molecule has 19 heavy (non-hydrogen) atoms. The van der Waals surface area contributed by atoms with Crippen LogP contribution in [0, 0.1) is 0 Å². The van der Waals surface area contributed by atoms with Crippen molar-refractivity contribution in [3.05, 3.63) is 28.8 Å². The average molecular weight is 283 g/mol. The molecule has 5 heteroatoms. The normalized spacial score (nSPS) is 14.8. The van der Waals surface area contributed by atoms with E-state index in [0.717, 1.165) is 37.2 Å². The van der Waals surface area contributed by atoms with Crippen molar-refractivity contribution in [1.29, 1.82) is 0 Å². The van der Waals surface area contributed by atoms with Gasteiger partial charge in [0.25, 0.3) is 0 Å². The molecule has 1 heterocycles. The number of para-hydroxylation sites is 1. The molecule has 1 aliphatic heterocycles. The van der Waals surface area contributed by atoms with Crippen molar-refractivity contribution >= 4 is 23.2 Å². The molecule has 0 unspecified atom stereocenters. The Morgan fingerprint density at radius 2 is 2.11 bits per heavy atom. The molecule has 104 valence electrons. The largest absolute Gasteiger partial charge is 0.392 e. The van der Waals surface area contributed by atoms with E-state index < -0.39 is 0 Å². The molecular formula is C14H19ClN2O2. The Morgan fingerprint density at radius 1 is 1.42 bits per heavy atom. The second kappa shape index (κ2) is 6.26. The Hall–Kier alpha value is -1.26. The maximum absolute atomic E-state index is 12.1. The second-order valence-electron chi connectivity index (χ2n) is 4.85. The van der Waals surface area contributed by atoms with Gasteiger partial charge in [-0.05, 0) is 18.9 Å². The number of likely N-dealkylation sites (N-methyl/N-ethyl adjacent to an activating group) is 1. The molecule has 0 aromatic heterocycles. The first-order valence-electron chi connectivity index (χ1n) is 6.50. The summed E-state index contributed by atoms with van der Waals surface area (Å²) in [6.07, 6.45) is 2.17. The van der Waals surface area contributed by atoms with Crippen molar-refractivity contribution in [3.63, 3.8) is 0 Å². The minimum absolute atomic E-state index is 0.0852. The van der Waals surface area contributed by atoms with E-state index in [4.69, 9.17) is 11.6 Å². The first-order valence-corrected chi connectivity index (χ1v) is 6.88. The monoisotopic (exact) mass is 282 g/mol. The highest BCUT2D eigenvalue weighted by Crippen LogP contribution is 2.29. The van der Waals surface area contributed by atoms with Crippen molar-refractivity contribution in [2.24, 2.45) is 0 Å². The van der Waals surface area contributed by atoms with E-state index in [-0.39, 0.29) is 19.1 Å². The van der Waals surface area contributed by atoms with E-state index in [2.05, 4.69) is 0 Å². The summed E-state index contributed by atoms with van der Waals surface area (Å²) in [6.45, 7) is 1.90. The van der Waals surface area contributed by atoms with Gasteiger partial charge in [0.15, 0.2) is 0 Å². The lowest BCUT2D eigenvalue weighted by molar-refractivity contribution is -0.128. The number of hydrogen-bond acceptors (Lipinski definition) is 3. The molecule has 1 aliphatic rings. The molecule has 2 rings (SSSR count). The summed E-state index contributed by atoms with van der Waals surface area (Å²) >= 11 is 6.17. The van der Waals surface area contributed by atoms with Gasteiger partial charge in [0.1, 0.15) is 0 Å². The first kappa shape index (κ1) is 14.2. The number of nitrogens with zero attached hydrogens (tertiary/aromatic N) is 2. The third-order valence-electron chi connectivity index (χ3n) is 3.45. The summed E-state index contributed by atoms with van der Waals surface area (Å²) in [6, 6.07) is 5.39. The quantitative estimate of drug-likeness (QED) is 0.917. The van der Waals surface area contributed by atoms with Gasteiger partial charge in [-0.3, -0.25) is 4.79 Å². The summed E-state index contributed by atoms with van der Waals surface area (Å²) < 4.78 is 0. The topological polar surface area (TPSA) is 43.8 Å². The number of rotatable bonds is 4. The second-order valence-corrected chi connectivity index (χ2v) is 5.26. The fourth-order valence-corrected chi connectivity index (χ4v) is 2.80. The van der Waals surface area contributed by atoms with E-state index >= 15 is 0 Å². The SMILES string of the molecule is CN(CC(=O)N1CCCC1)c1c(Cl)cccc1CO. The van der Waals surface area contributed by atoms with Crippen LogP contribution in [0.25, 0.3) is 0 Å². The average Bonchev–Trinajstić information content (AvgIpc) is 2.92. The standard InChI is InChI=1S/C14H19ClN2O2/c1-16(9-13(19)17-7-2-3-8-17)14-11(10-18)5-4-6-12(14)15/h4-6,18H,2-3,7-10H2,1H3. The smallest absolute Gasteiger partial charge is 0.242 e. The number of likely N-dealkylation sites (tertiary alicyclic amines) is 1. The lowest BCUT2D eigenvalue weighted by Gasteiger charge is -2.25. The van der Waals surface area contributed by atoms with Gasteiger partial charge < -0.3 is 14.9 Å². The highest BCUT2D eigenvalue weighted by atomic mass is 35.5. The molecule has 1 aromatic rings. The summed E-state index contributed by atoms with van der Waals surface area (Å²) in [7, 11) is 1.83. The van der Waals surface area contributed by atoms with E-state index in [9.17, 15) is 9.90 Å². The van der Waals surface area contributed by atoms with E-state index in [1.807, 2.05) is 22.9 Å². The summed E-state index contributed by atoms with van der Waals surface area (Å²) in [5.41, 5.74) is 1.48. The molecule has 0 atom stereocenters. The lowest BCUT2D eigenvalue weighted by atomic mass is 10.1. The number of carbonyl (C=O) groups excluding carboxylic acids is 1. The van der Waals surface area contributed by atoms with Crippen LogP contribution in [0.3, 0.4) is 0 Å². The molecule has 0 saturated carbocycles. The predicted octanol–water partition coefficient (Wildman–Crippen LogP) is 1.89. The van der Waals surface area contributed by atoms with Gasteiger partial charge in [-0.25, -0.2) is 0 Å². The highest BCUT2D eigenvalue weighted by Gasteiger charge is 2.21. The minimum Gasteiger partial charge on any atom is -0.392 e. The van der Waals surface area contributed by atoms with Crippen LogP contribution >= 0.6 is 11.6 Å². The first-order chi connectivity index (χ1) is 9.13. The number of anilines is 1. The van der Waals surface area contributed by atoms with Gasteiger partial charge in [0.2, 0.25) is 5.91 Å². The lowest BCUT2D eigenvalue weighted by Crippen LogP contribution is -2.37. The van der Waals surface area contributed by atoms with Crippen molar-refractivity contribution in [1.82, 2.24) is 4.90 Å². The number of aliphatic hydroxyl groups excluding tert-OH is 1. The van der Waals surface area contributed by atoms with Crippen LogP contribution in [-0.2, 0) is 11.4 Å². The van der Waals surface area contributed by atoms with Crippen molar-refractivity contribution in [3.8, 4) is 0 Å². The van der Waals surface area contributed by atoms with E-state index in [1.165, 1.54) is 0 Å². The highest BCUT2D eigenvalue weighted by molar-refractivity contribution is 6.33. The Labute approximate surface area is 118 Å². The molecule has 1 saturated heterocycles. The molecule has 0 bridgehead atoms. The van der Waals surface area contributed by atoms with Crippen molar-refractivity contribution < 1.29 is 9.90 Å². The van der Waals surface area contributed by atoms with Gasteiger partial charge >= 0.3 is 0 Å². The Morgan fingerprint density at radius 3 is 2.74 bits per heavy atom. The number of halogens is 1. The zero-order valence-electron chi connectivity index (χ0n) is 11.1. The summed E-state index contributed by atoms with van der Waals surface area (Å²) in [4.78, 5) is 15.8. The number of carbonyl (C=O) groups is 1. The molecule has 4 nitrogen and oxygen atoms in total. The number of amides is 1. The molecule has 1 N–H and O–H groups in total. The number of hydrogen-bond donors (Lipinski definition) is 1. The van der Waals surface area contributed by atoms with Crippen LogP contribution < -0.4 is 4.90 Å². The van der Waals surface area contributed by atoms with Gasteiger partial charge in [-0.2, -0.15) is 0 Å². The predicted molar refractivity (Wildman–Crippen MR) is 76.5 cm³/mol. The van der Waals surface area contributed by atoms with Crippen molar-refractivity contribution in [2.75, 3.05) is 31.6 Å². The molecule has 0 spiro atoms. The van der Waals surface area contributed by atoms with E-state index in [0.29, 0.717) is 5.02 Å². The van der Waals surface area contributed by atoms with Gasteiger partial charge in [-0.1, -0.05) is 23.7 Å². The molecule has 1 fully saturated rings. The maximum Gasteiger partial charge on any atom is 0.242 e. The Kier molecular flexibility index (Phi) is 4.66. The zero-order chi connectivity index (χ0) is 13.8. The Balaban J connectivity index is 2.11. The van der Waals surface area contributed by atoms with Crippen LogP contribution in [0.4, 0.5) is 5.69 Å². The fourth-order valence-electron chi connectivity index (χ4n) is 2.46. The number of benzene rings is 1. The third kappa shape index (κ3) is 3.19. The Bertz CT molecular complexity index is 459. The van der Waals surface area contributed by atoms with E-state index in [1.54, 1.807) is 12.1 Å². The summed E-state index contributed by atoms with van der Waals surface area (Å²) in [5, 5.41) is 9.92. The van der Waals surface area contributed by atoms with Gasteiger partial charge in [0.05, 0.1) is 23.9 Å². The fraction of sp³-hybridized carbons (Fsp3) is 0.500. The van der Waals surface area contributed by atoms with Crippen LogP contribution in [0.1, 0.15) is 18.4 Å². The molecular weight excluding hydrogens is 264 g/mol. The number of aliphatic hydroxyl groups is 1. The van der Waals surface area contributed by atoms with Gasteiger partial charge in [0, 0.05) is 25.7 Å². The molecule has 1 aromatic carbocycles. The molecule has 0 radical (unpaired) electrons. The van der Waals surface area contributed by atoms with Crippen LogP contribution in [0.5, 0.6) is 0 Å². The minimum atomic E-state index is -0.0852. The van der Waals surface area contributed by atoms with Gasteiger partial charge in [-0.15, -0.1) is 0 Å². The zero-order valence-corrected chi connectivity index (χ0v) is 11.9. The maximum atomic E-state index is 12.1. The van der Waals surface area contributed by atoms with Crippen LogP contribution in [0.15, 0.2) is 18.2 Å². The molecule has 0 aliphatic carbocycles. The third-order valence-corrected chi connectivity index (χ3v) is 3.76. The summed E-state index contributed by atoms with van der Waals surface area (Å²) in [5.74, 6) is 0.115. The van der Waals surface area contributed by atoms with Crippen LogP contribution in [0.2, 0.25) is 5.02 Å².